The Morgan fingerprint density at radius 1 is 1.38 bits per heavy atom. The number of nitrogens with one attached hydrogen (secondary N) is 1. The van der Waals surface area contributed by atoms with Gasteiger partial charge in [0.05, 0.1) is 5.52 Å². The van der Waals surface area contributed by atoms with Crippen molar-refractivity contribution in [1.82, 2.24) is 20.1 Å². The molecule has 136 valence electrons. The van der Waals surface area contributed by atoms with Gasteiger partial charge in [-0.25, -0.2) is 4.98 Å². The van der Waals surface area contributed by atoms with Crippen molar-refractivity contribution in [3.8, 4) is 0 Å². The van der Waals surface area contributed by atoms with E-state index in [4.69, 9.17) is 5.73 Å². The Bertz CT molecular complexity index is 1000. The van der Waals surface area contributed by atoms with Gasteiger partial charge in [0.25, 0.3) is 0 Å². The molecule has 3 N–H and O–H groups in total. The molecule has 1 aromatic carbocycles. The number of aromatic nitrogens is 3. The summed E-state index contributed by atoms with van der Waals surface area (Å²) in [6.07, 6.45) is 4.78. The smallest absolute Gasteiger partial charge is 0.223 e. The molecule has 3 aromatic rings. The van der Waals surface area contributed by atoms with Crippen LogP contribution in [0, 0.1) is 5.92 Å². The van der Waals surface area contributed by atoms with Crippen molar-refractivity contribution in [2.45, 2.75) is 52.1 Å². The first-order chi connectivity index (χ1) is 12.4. The van der Waals surface area contributed by atoms with Crippen LogP contribution >= 0.6 is 0 Å². The normalized spacial score (nSPS) is 14.9. The number of fused-ring (bicyclic) bond motifs is 3. The Balaban J connectivity index is 1.79. The van der Waals surface area contributed by atoms with Gasteiger partial charge in [0, 0.05) is 35.0 Å². The third kappa shape index (κ3) is 3.00. The van der Waals surface area contributed by atoms with E-state index >= 15 is 0 Å². The summed E-state index contributed by atoms with van der Waals surface area (Å²) in [6, 6.07) is 6.08. The van der Waals surface area contributed by atoms with E-state index in [1.165, 1.54) is 0 Å². The first kappa shape index (κ1) is 16.8. The van der Waals surface area contributed by atoms with Gasteiger partial charge < -0.3 is 11.1 Å². The van der Waals surface area contributed by atoms with Gasteiger partial charge in [-0.3, -0.25) is 9.48 Å². The van der Waals surface area contributed by atoms with Crippen molar-refractivity contribution in [2.24, 2.45) is 5.92 Å². The number of nitrogens with two attached hydrogens (primary N) is 1. The van der Waals surface area contributed by atoms with Gasteiger partial charge in [-0.1, -0.05) is 12.1 Å². The summed E-state index contributed by atoms with van der Waals surface area (Å²) in [6.45, 7) is 6.98. The second kappa shape index (κ2) is 5.97. The molecule has 0 saturated heterocycles. The van der Waals surface area contributed by atoms with Crippen molar-refractivity contribution in [3.05, 3.63) is 30.0 Å². The molecule has 6 nitrogen and oxygen atoms in total. The number of anilines is 1. The van der Waals surface area contributed by atoms with E-state index in [9.17, 15) is 4.79 Å². The van der Waals surface area contributed by atoms with Gasteiger partial charge in [0.1, 0.15) is 5.52 Å². The summed E-state index contributed by atoms with van der Waals surface area (Å²) in [5.74, 6) is 0.831. The molecule has 1 fully saturated rings. The van der Waals surface area contributed by atoms with Crippen LogP contribution in [0.3, 0.4) is 0 Å². The van der Waals surface area contributed by atoms with Crippen LogP contribution in [0.1, 0.15) is 39.2 Å². The second-order valence-electron chi connectivity index (χ2n) is 7.88. The largest absolute Gasteiger partial charge is 0.382 e. The van der Waals surface area contributed by atoms with Gasteiger partial charge in [0.15, 0.2) is 5.82 Å². The number of hydrogen-bond donors (Lipinski definition) is 2. The molecule has 0 atom stereocenters. The average Bonchev–Trinajstić information content (AvgIpc) is 3.33. The van der Waals surface area contributed by atoms with Crippen molar-refractivity contribution < 1.29 is 4.79 Å². The Kier molecular flexibility index (Phi) is 3.86. The molecule has 0 aliphatic heterocycles. The number of carbonyl (C=O) groups excluding carboxylic acids is 1. The zero-order chi connectivity index (χ0) is 18.5. The number of aryl methyl sites for hydroxylation is 1. The van der Waals surface area contributed by atoms with Crippen LogP contribution < -0.4 is 11.1 Å². The summed E-state index contributed by atoms with van der Waals surface area (Å²) in [5.41, 5.74) is 8.56. The minimum atomic E-state index is -0.331. The van der Waals surface area contributed by atoms with E-state index in [2.05, 4.69) is 42.2 Å². The molecular weight excluding hydrogens is 326 g/mol. The maximum Gasteiger partial charge on any atom is 0.223 e. The monoisotopic (exact) mass is 351 g/mol. The van der Waals surface area contributed by atoms with Crippen LogP contribution in [-0.2, 0) is 17.8 Å². The predicted octanol–water partition coefficient (Wildman–Crippen LogP) is 3.03. The fraction of sp³-hybridized carbons (Fsp3) is 0.450. The number of hydrogen-bond acceptors (Lipinski definition) is 4. The van der Waals surface area contributed by atoms with Crippen molar-refractivity contribution in [2.75, 3.05) is 5.73 Å². The molecule has 0 spiro atoms. The molecule has 2 heterocycles. The zero-order valence-corrected chi connectivity index (χ0v) is 15.5. The fourth-order valence-electron chi connectivity index (χ4n) is 3.58. The van der Waals surface area contributed by atoms with E-state index in [0.717, 1.165) is 53.2 Å². The Hall–Kier alpha value is -2.63. The second-order valence-corrected chi connectivity index (χ2v) is 7.88. The van der Waals surface area contributed by atoms with Crippen LogP contribution in [0.4, 0.5) is 5.82 Å². The first-order valence-corrected chi connectivity index (χ1v) is 9.24. The molecule has 6 heteroatoms. The Morgan fingerprint density at radius 2 is 2.15 bits per heavy atom. The van der Waals surface area contributed by atoms with Crippen LogP contribution in [0.25, 0.3) is 21.8 Å². The van der Waals surface area contributed by atoms with E-state index in [0.29, 0.717) is 5.82 Å². The molecule has 1 amide bonds. The minimum absolute atomic E-state index is 0.168. The summed E-state index contributed by atoms with van der Waals surface area (Å²) in [5, 5.41) is 9.86. The molecule has 0 unspecified atom stereocenters. The lowest BCUT2D eigenvalue weighted by Crippen LogP contribution is -2.45. The first-order valence-electron chi connectivity index (χ1n) is 9.24. The molecule has 0 radical (unpaired) electrons. The molecule has 1 saturated carbocycles. The molecule has 0 bridgehead atoms. The molecule has 4 rings (SSSR count). The van der Waals surface area contributed by atoms with E-state index in [-0.39, 0.29) is 17.4 Å². The summed E-state index contributed by atoms with van der Waals surface area (Å²) in [4.78, 5) is 16.8. The quantitative estimate of drug-likeness (QED) is 0.740. The number of benzene rings is 1. The number of nitrogens with zero attached hydrogens (tertiary/aromatic N) is 3. The third-order valence-electron chi connectivity index (χ3n) is 5.01. The zero-order valence-electron chi connectivity index (χ0n) is 15.5. The van der Waals surface area contributed by atoms with E-state index in [1.807, 2.05) is 23.0 Å². The number of pyridine rings is 1. The van der Waals surface area contributed by atoms with Crippen LogP contribution in [0.2, 0.25) is 0 Å². The van der Waals surface area contributed by atoms with Gasteiger partial charge in [-0.2, -0.15) is 5.10 Å². The average molecular weight is 351 g/mol. The lowest BCUT2D eigenvalue weighted by molar-refractivity contribution is -0.123. The van der Waals surface area contributed by atoms with Crippen molar-refractivity contribution in [1.29, 1.82) is 0 Å². The number of nitrogen functional groups attached to an aromatic ring is 1. The summed E-state index contributed by atoms with van der Waals surface area (Å²) in [7, 11) is 0. The van der Waals surface area contributed by atoms with Gasteiger partial charge >= 0.3 is 0 Å². The molecule has 2 aromatic heterocycles. The van der Waals surface area contributed by atoms with Crippen molar-refractivity contribution >= 4 is 33.5 Å². The lowest BCUT2D eigenvalue weighted by atomic mass is 9.91. The maximum atomic E-state index is 12.2. The number of carbonyl (C=O) groups is 1. The van der Waals surface area contributed by atoms with Gasteiger partial charge in [-0.15, -0.1) is 0 Å². The molecule has 1 aliphatic rings. The molecule has 26 heavy (non-hydrogen) atoms. The van der Waals surface area contributed by atoms with Gasteiger partial charge in [0.2, 0.25) is 5.91 Å². The molecular formula is C20H25N5O. The highest BCUT2D eigenvalue weighted by Crippen LogP contribution is 2.33. The van der Waals surface area contributed by atoms with E-state index in [1.54, 1.807) is 0 Å². The van der Waals surface area contributed by atoms with E-state index < -0.39 is 0 Å². The van der Waals surface area contributed by atoms with Crippen molar-refractivity contribution in [3.63, 3.8) is 0 Å². The Morgan fingerprint density at radius 3 is 2.85 bits per heavy atom. The van der Waals surface area contributed by atoms with Gasteiger partial charge in [-0.05, 0) is 51.7 Å². The fourth-order valence-corrected chi connectivity index (χ4v) is 3.58. The molecule has 1 aliphatic carbocycles. The summed E-state index contributed by atoms with van der Waals surface area (Å²) < 4.78 is 1.89. The number of amides is 1. The SMILES string of the molecule is CCn1cc2c(n1)c(N)nc1cccc(CC(C)(C)NC(=O)C3CC3)c12. The summed E-state index contributed by atoms with van der Waals surface area (Å²) >= 11 is 0. The topological polar surface area (TPSA) is 85.8 Å². The highest BCUT2D eigenvalue weighted by molar-refractivity contribution is 6.09. The van der Waals surface area contributed by atoms with Crippen LogP contribution in [0.15, 0.2) is 24.4 Å². The Labute approximate surface area is 152 Å². The highest BCUT2D eigenvalue weighted by atomic mass is 16.2. The highest BCUT2D eigenvalue weighted by Gasteiger charge is 2.33. The van der Waals surface area contributed by atoms with Crippen LogP contribution in [0.5, 0.6) is 0 Å². The number of rotatable bonds is 5. The lowest BCUT2D eigenvalue weighted by Gasteiger charge is -2.27. The third-order valence-corrected chi connectivity index (χ3v) is 5.01. The van der Waals surface area contributed by atoms with Crippen LogP contribution in [-0.4, -0.2) is 26.2 Å². The minimum Gasteiger partial charge on any atom is -0.382 e. The maximum absolute atomic E-state index is 12.2. The standard InChI is InChI=1S/C20H25N5O/c1-4-25-11-14-16-13(10-20(2,3)23-19(26)12-8-9-12)6-5-7-15(16)22-18(21)17(14)24-25/h5-7,11-12H,4,8-10H2,1-3H3,(H2,21,22)(H,23,26). The predicted molar refractivity (Wildman–Crippen MR) is 104 cm³/mol.